The van der Waals surface area contributed by atoms with E-state index in [9.17, 15) is 34.2 Å². The molecule has 0 saturated carbocycles. The van der Waals surface area contributed by atoms with E-state index in [2.05, 4.69) is 10.6 Å². The number of hydrogen-bond donors (Lipinski definition) is 4. The highest BCUT2D eigenvalue weighted by Crippen LogP contribution is 2.52. The van der Waals surface area contributed by atoms with Crippen LogP contribution < -0.4 is 20.4 Å². The van der Waals surface area contributed by atoms with E-state index in [4.69, 9.17) is 0 Å². The highest BCUT2D eigenvalue weighted by atomic mass is 16.4. The van der Waals surface area contributed by atoms with Crippen LogP contribution in [0.25, 0.3) is 0 Å². The molecular formula is C35H35N5O7. The van der Waals surface area contributed by atoms with Crippen LogP contribution in [0.4, 0.5) is 17.1 Å². The van der Waals surface area contributed by atoms with Gasteiger partial charge in [-0.15, -0.1) is 0 Å². The number of carboxylic acids is 1. The molecule has 4 amide bonds. The number of aliphatic carboxylic acids is 1. The van der Waals surface area contributed by atoms with Crippen molar-refractivity contribution in [2.75, 3.05) is 15.1 Å². The first-order chi connectivity index (χ1) is 22.5. The lowest BCUT2D eigenvalue weighted by Gasteiger charge is -2.44. The quantitative estimate of drug-likeness (QED) is 0.307. The zero-order chi connectivity index (χ0) is 33.2. The number of nitrogens with one attached hydrogen (secondary N) is 2. The number of carbonyl (C=O) groups excluding carboxylic acids is 4. The Labute approximate surface area is 271 Å². The Bertz CT molecular complexity index is 1830. The molecule has 12 nitrogen and oxygen atoms in total. The first kappa shape index (κ1) is 30.4. The molecule has 0 spiro atoms. The number of nitrogens with zero attached hydrogens (tertiary/aromatic N) is 3. The summed E-state index contributed by atoms with van der Waals surface area (Å²) in [6.45, 7) is 3.85. The van der Waals surface area contributed by atoms with E-state index in [1.165, 1.54) is 14.7 Å². The molecular weight excluding hydrogens is 602 g/mol. The topological polar surface area (TPSA) is 160 Å². The van der Waals surface area contributed by atoms with Gasteiger partial charge in [-0.3, -0.25) is 33.8 Å². The van der Waals surface area contributed by atoms with Gasteiger partial charge in [-0.25, -0.2) is 0 Å². The molecule has 3 aromatic carbocycles. The van der Waals surface area contributed by atoms with Crippen LogP contribution in [-0.4, -0.2) is 69.1 Å². The van der Waals surface area contributed by atoms with Gasteiger partial charge in [0, 0.05) is 24.1 Å². The molecule has 47 heavy (non-hydrogen) atoms. The molecule has 0 aliphatic carbocycles. The van der Waals surface area contributed by atoms with E-state index < -0.39 is 54.2 Å². The third-order valence-electron chi connectivity index (χ3n) is 9.55. The van der Waals surface area contributed by atoms with Gasteiger partial charge < -0.3 is 25.7 Å². The summed E-state index contributed by atoms with van der Waals surface area (Å²) in [5, 5.41) is 28.8. The zero-order valence-corrected chi connectivity index (χ0v) is 25.9. The van der Waals surface area contributed by atoms with Crippen LogP contribution in [0.3, 0.4) is 0 Å². The standard InChI is InChI=1S/C35H35N5O7/c1-19(2)17-27-33(46)40-26-14-8-5-11-22(26)35(47,34(40)38(27)28(41)15-16-29(42)43)18-24-30-36-23-12-6-3-9-20(23)32(45)39(30)25-13-7-4-10-21(25)31(44)37-24/h3-14,19,24,27,30,34,36,47H,15-18H2,1-2H3,(H,37,44)(H,42,43)/t24-,27-,30?,34-,35-/m0/s1. The van der Waals surface area contributed by atoms with Crippen molar-refractivity contribution in [3.63, 3.8) is 0 Å². The third kappa shape index (κ3) is 4.73. The van der Waals surface area contributed by atoms with Crippen molar-refractivity contribution < 1.29 is 34.2 Å². The van der Waals surface area contributed by atoms with Crippen LogP contribution in [-0.2, 0) is 20.0 Å². The molecule has 3 aromatic rings. The second kappa shape index (κ2) is 11.2. The second-order valence-corrected chi connectivity index (χ2v) is 13.0. The largest absolute Gasteiger partial charge is 0.481 e. The Hall–Kier alpha value is -5.23. The number of fused-ring (bicyclic) bond motifs is 7. The second-order valence-electron chi connectivity index (χ2n) is 13.0. The minimum Gasteiger partial charge on any atom is -0.481 e. The Morgan fingerprint density at radius 3 is 2.23 bits per heavy atom. The molecule has 1 saturated heterocycles. The normalized spacial score (nSPS) is 25.7. The maximum absolute atomic E-state index is 14.2. The third-order valence-corrected chi connectivity index (χ3v) is 9.55. The minimum absolute atomic E-state index is 0.00723. The summed E-state index contributed by atoms with van der Waals surface area (Å²) in [6.07, 6.45) is -2.74. The van der Waals surface area contributed by atoms with E-state index in [0.717, 1.165) is 0 Å². The van der Waals surface area contributed by atoms with Crippen molar-refractivity contribution in [1.29, 1.82) is 0 Å². The number of aliphatic hydroxyl groups is 1. The van der Waals surface area contributed by atoms with Gasteiger partial charge in [-0.1, -0.05) is 56.3 Å². The van der Waals surface area contributed by atoms with Crippen LogP contribution in [0.2, 0.25) is 0 Å². The van der Waals surface area contributed by atoms with Crippen LogP contribution in [0.1, 0.15) is 65.8 Å². The average Bonchev–Trinajstić information content (AvgIpc) is 3.43. The molecule has 0 aromatic heterocycles. The van der Waals surface area contributed by atoms with Gasteiger partial charge in [0.25, 0.3) is 17.7 Å². The molecule has 4 aliphatic heterocycles. The van der Waals surface area contributed by atoms with Gasteiger partial charge in [0.1, 0.15) is 24.0 Å². The van der Waals surface area contributed by atoms with Crippen molar-refractivity contribution in [2.24, 2.45) is 5.92 Å². The van der Waals surface area contributed by atoms with Crippen LogP contribution >= 0.6 is 0 Å². The maximum Gasteiger partial charge on any atom is 0.303 e. The number of carboxylic acid groups (broad SMARTS) is 1. The Balaban J connectivity index is 1.36. The Kier molecular flexibility index (Phi) is 7.27. The highest BCUT2D eigenvalue weighted by molar-refractivity contribution is 6.15. The van der Waals surface area contributed by atoms with E-state index in [1.807, 2.05) is 13.8 Å². The summed E-state index contributed by atoms with van der Waals surface area (Å²) in [5.41, 5.74) is 0.593. The lowest BCUT2D eigenvalue weighted by atomic mass is 9.84. The fraction of sp³-hybridized carbons (Fsp3) is 0.343. The van der Waals surface area contributed by atoms with Gasteiger partial charge in [0.05, 0.1) is 35.0 Å². The fourth-order valence-electron chi connectivity index (χ4n) is 7.62. The van der Waals surface area contributed by atoms with Gasteiger partial charge in [-0.05, 0) is 42.7 Å². The summed E-state index contributed by atoms with van der Waals surface area (Å²) in [4.78, 5) is 71.7. The Morgan fingerprint density at radius 1 is 0.851 bits per heavy atom. The van der Waals surface area contributed by atoms with Crippen molar-refractivity contribution in [1.82, 2.24) is 10.2 Å². The summed E-state index contributed by atoms with van der Waals surface area (Å²) in [6, 6.07) is 18.9. The molecule has 4 N–H and O–H groups in total. The lowest BCUT2D eigenvalue weighted by Crippen LogP contribution is -2.62. The zero-order valence-electron chi connectivity index (χ0n) is 25.9. The van der Waals surface area contributed by atoms with Gasteiger partial charge in [0.2, 0.25) is 5.91 Å². The lowest BCUT2D eigenvalue weighted by molar-refractivity contribution is -0.146. The Morgan fingerprint density at radius 2 is 1.51 bits per heavy atom. The van der Waals surface area contributed by atoms with Gasteiger partial charge in [-0.2, -0.15) is 0 Å². The summed E-state index contributed by atoms with van der Waals surface area (Å²) >= 11 is 0. The number of rotatable bonds is 7. The molecule has 1 unspecified atom stereocenters. The molecule has 4 aliphatic rings. The van der Waals surface area contributed by atoms with Crippen LogP contribution in [0.15, 0.2) is 72.8 Å². The highest BCUT2D eigenvalue weighted by Gasteiger charge is 2.64. The summed E-state index contributed by atoms with van der Waals surface area (Å²) in [7, 11) is 0. The predicted octanol–water partition coefficient (Wildman–Crippen LogP) is 3.27. The average molecular weight is 638 g/mol. The van der Waals surface area contributed by atoms with Crippen molar-refractivity contribution in [3.8, 4) is 0 Å². The molecule has 1 fully saturated rings. The molecule has 242 valence electrons. The molecule has 7 rings (SSSR count). The molecule has 12 heteroatoms. The van der Waals surface area contributed by atoms with Crippen molar-refractivity contribution in [2.45, 2.75) is 69.5 Å². The van der Waals surface area contributed by atoms with Crippen molar-refractivity contribution in [3.05, 3.63) is 89.5 Å². The predicted molar refractivity (Wildman–Crippen MR) is 172 cm³/mol. The maximum atomic E-state index is 14.2. The van der Waals surface area contributed by atoms with Crippen LogP contribution in [0, 0.1) is 5.92 Å². The van der Waals surface area contributed by atoms with E-state index in [-0.39, 0.29) is 36.1 Å². The first-order valence-electron chi connectivity index (χ1n) is 15.8. The number of benzene rings is 3. The summed E-state index contributed by atoms with van der Waals surface area (Å²) < 4.78 is 0. The van der Waals surface area contributed by atoms with Crippen molar-refractivity contribution >= 4 is 46.7 Å². The van der Waals surface area contributed by atoms with E-state index >= 15 is 0 Å². The first-order valence-corrected chi connectivity index (χ1v) is 15.8. The van der Waals surface area contributed by atoms with E-state index in [0.29, 0.717) is 34.6 Å². The molecule has 0 bridgehead atoms. The number of carbonyl (C=O) groups is 5. The number of para-hydroxylation sites is 3. The minimum atomic E-state index is -1.92. The van der Waals surface area contributed by atoms with Gasteiger partial charge >= 0.3 is 5.97 Å². The van der Waals surface area contributed by atoms with Gasteiger partial charge in [0.15, 0.2) is 0 Å². The van der Waals surface area contributed by atoms with Crippen LogP contribution in [0.5, 0.6) is 0 Å². The number of amides is 4. The fourth-order valence-corrected chi connectivity index (χ4v) is 7.62. The molecule has 5 atom stereocenters. The SMILES string of the molecule is CC(C)C[C@H]1C(=O)N2c3ccccc3[C@@](O)(C[C@@H]3NC(=O)c4ccccc4N4C(=O)c5ccccc5NC34)[C@H]2N1C(=O)CCC(=O)O. The number of hydrogen-bond acceptors (Lipinski definition) is 7. The number of anilines is 3. The smallest absolute Gasteiger partial charge is 0.303 e. The van der Waals surface area contributed by atoms with E-state index in [1.54, 1.807) is 72.8 Å². The monoisotopic (exact) mass is 637 g/mol. The molecule has 4 heterocycles. The summed E-state index contributed by atoms with van der Waals surface area (Å²) in [5.74, 6) is -2.84. The molecule has 0 radical (unpaired) electrons.